The highest BCUT2D eigenvalue weighted by atomic mass is 35.5. The van der Waals surface area contributed by atoms with Gasteiger partial charge < -0.3 is 9.84 Å². The van der Waals surface area contributed by atoms with Crippen molar-refractivity contribution in [2.75, 3.05) is 9.80 Å². The largest absolute Gasteiger partial charge is 0.508 e. The number of carbonyl (C=O) groups is 4. The topological polar surface area (TPSA) is 104 Å². The Morgan fingerprint density at radius 3 is 2.04 bits per heavy atom. The molecule has 8 rings (SSSR count). The lowest BCUT2D eigenvalue weighted by Gasteiger charge is -2.50. The summed E-state index contributed by atoms with van der Waals surface area (Å²) in [7, 11) is 0. The zero-order valence-electron chi connectivity index (χ0n) is 29.2. The van der Waals surface area contributed by atoms with Gasteiger partial charge in [0.25, 0.3) is 11.8 Å². The first-order valence-corrected chi connectivity index (χ1v) is 18.4. The molecule has 8 nitrogen and oxygen atoms in total. The first kappa shape index (κ1) is 37.6. The van der Waals surface area contributed by atoms with Gasteiger partial charge in [-0.2, -0.15) is 0 Å². The Hall–Kier alpha value is -5.27. The van der Waals surface area contributed by atoms with E-state index in [4.69, 9.17) is 27.9 Å². The van der Waals surface area contributed by atoms with Gasteiger partial charge in [0, 0.05) is 17.5 Å². The number of anilines is 2. The van der Waals surface area contributed by atoms with Crippen LogP contribution in [0, 0.1) is 46.8 Å². The summed E-state index contributed by atoms with van der Waals surface area (Å²) in [5.41, 5.74) is 0.231. The van der Waals surface area contributed by atoms with E-state index in [1.807, 2.05) is 25.1 Å². The van der Waals surface area contributed by atoms with Gasteiger partial charge in [0.2, 0.25) is 17.6 Å². The number of imide groups is 2. The van der Waals surface area contributed by atoms with Crippen LogP contribution >= 0.6 is 23.2 Å². The minimum absolute atomic E-state index is 0.0497. The third kappa shape index (κ3) is 5.23. The van der Waals surface area contributed by atoms with E-state index in [2.05, 4.69) is 0 Å². The van der Waals surface area contributed by atoms with Gasteiger partial charge in [0.05, 0.1) is 17.5 Å². The second kappa shape index (κ2) is 13.4. The first-order chi connectivity index (χ1) is 26.6. The number of carbonyl (C=O) groups excluding carboxylic acids is 4. The van der Waals surface area contributed by atoms with Gasteiger partial charge in [-0.05, 0) is 54.5 Å². The third-order valence-electron chi connectivity index (χ3n) is 11.4. The number of ether oxygens (including phenoxy) is 1. The summed E-state index contributed by atoms with van der Waals surface area (Å²) in [4.78, 5) is 52.6. The van der Waals surface area contributed by atoms with E-state index >= 15 is 8.78 Å². The van der Waals surface area contributed by atoms with E-state index in [-0.39, 0.29) is 34.8 Å². The van der Waals surface area contributed by atoms with Crippen molar-refractivity contribution in [1.82, 2.24) is 0 Å². The number of amides is 4. The molecular weight excluding hydrogens is 782 g/mol. The Kier molecular flexibility index (Phi) is 9.04. The third-order valence-corrected chi connectivity index (χ3v) is 12.8. The number of hydrogen-bond donors (Lipinski definition) is 1. The molecule has 6 atom stereocenters. The molecule has 56 heavy (non-hydrogen) atoms. The highest BCUT2D eigenvalue weighted by molar-refractivity contribution is 6.58. The molecule has 0 spiro atoms. The van der Waals surface area contributed by atoms with Crippen LogP contribution in [-0.2, 0) is 32.2 Å². The minimum atomic E-state index is -2.79. The molecule has 4 amide bonds. The fraction of sp³-hybridized carbons (Fsp3) is 0.268. The van der Waals surface area contributed by atoms with Gasteiger partial charge >= 0.3 is 0 Å². The molecule has 15 heteroatoms. The molecule has 2 aliphatic heterocycles. The summed E-state index contributed by atoms with van der Waals surface area (Å²) in [5.74, 6) is -22.1. The lowest BCUT2D eigenvalue weighted by Crippen LogP contribution is -2.60. The molecule has 4 aromatic rings. The average molecular weight is 812 g/mol. The van der Waals surface area contributed by atoms with Gasteiger partial charge in [-0.25, -0.2) is 26.9 Å². The van der Waals surface area contributed by atoms with Crippen LogP contribution in [0.15, 0.2) is 84.4 Å². The Morgan fingerprint density at radius 1 is 0.768 bits per heavy atom. The molecule has 1 saturated carbocycles. The number of aromatic hydroxyl groups is 1. The Morgan fingerprint density at radius 2 is 1.41 bits per heavy atom. The predicted octanol–water partition coefficient (Wildman–Crippen LogP) is 8.00. The highest BCUT2D eigenvalue weighted by Crippen LogP contribution is 2.67. The predicted molar refractivity (Wildman–Crippen MR) is 194 cm³/mol. The molecule has 2 heterocycles. The fourth-order valence-corrected chi connectivity index (χ4v) is 9.57. The second-order valence-corrected chi connectivity index (χ2v) is 15.5. The number of rotatable bonds is 7. The quantitative estimate of drug-likeness (QED) is 0.0507. The SMILES string of the molecule is CCc1ccc(N2C(=O)C3CC=C4C(CC5(Cl)C(=O)N(c6c(F)c(F)c(F)c(F)c6F)C(=O)C5(Cl)C4c4ccc(OCc5ccccc5)cc4O)C3C2=O)cc1. The van der Waals surface area contributed by atoms with Crippen LogP contribution in [-0.4, -0.2) is 38.5 Å². The molecule has 4 aliphatic rings. The van der Waals surface area contributed by atoms with Crippen LogP contribution in [0.25, 0.3) is 0 Å². The summed E-state index contributed by atoms with van der Waals surface area (Å²) in [5, 5.41) is 11.6. The van der Waals surface area contributed by atoms with E-state index in [0.717, 1.165) is 16.0 Å². The minimum Gasteiger partial charge on any atom is -0.508 e. The lowest BCUT2D eigenvalue weighted by atomic mass is 9.56. The van der Waals surface area contributed by atoms with Crippen molar-refractivity contribution in [3.63, 3.8) is 0 Å². The molecule has 3 fully saturated rings. The first-order valence-electron chi connectivity index (χ1n) is 17.6. The van der Waals surface area contributed by atoms with E-state index in [9.17, 15) is 37.5 Å². The molecule has 0 aromatic heterocycles. The van der Waals surface area contributed by atoms with Crippen molar-refractivity contribution in [2.45, 2.75) is 48.5 Å². The van der Waals surface area contributed by atoms with Crippen molar-refractivity contribution in [3.05, 3.63) is 130 Å². The van der Waals surface area contributed by atoms with Crippen LogP contribution < -0.4 is 14.5 Å². The second-order valence-electron chi connectivity index (χ2n) is 14.2. The van der Waals surface area contributed by atoms with Crippen LogP contribution in [0.4, 0.5) is 33.3 Å². The van der Waals surface area contributed by atoms with Crippen molar-refractivity contribution in [1.29, 1.82) is 0 Å². The molecule has 2 aliphatic carbocycles. The molecule has 2 saturated heterocycles. The highest BCUT2D eigenvalue weighted by Gasteiger charge is 2.77. The number of hydrogen-bond acceptors (Lipinski definition) is 6. The number of allylic oxidation sites excluding steroid dienone is 2. The number of benzene rings is 4. The van der Waals surface area contributed by atoms with Crippen molar-refractivity contribution >= 4 is 58.2 Å². The van der Waals surface area contributed by atoms with E-state index in [1.165, 1.54) is 18.2 Å². The fourth-order valence-electron chi connectivity index (χ4n) is 8.65. The number of fused-ring (bicyclic) bond motifs is 4. The smallest absolute Gasteiger partial charge is 0.258 e. The van der Waals surface area contributed by atoms with Crippen molar-refractivity contribution in [2.24, 2.45) is 17.8 Å². The van der Waals surface area contributed by atoms with Crippen LogP contribution in [0.5, 0.6) is 11.5 Å². The maximum Gasteiger partial charge on any atom is 0.258 e. The van der Waals surface area contributed by atoms with E-state index in [1.54, 1.807) is 42.5 Å². The molecule has 288 valence electrons. The van der Waals surface area contributed by atoms with Gasteiger partial charge in [0.15, 0.2) is 33.0 Å². The van der Waals surface area contributed by atoms with Crippen LogP contribution in [0.2, 0.25) is 0 Å². The van der Waals surface area contributed by atoms with Gasteiger partial charge in [0.1, 0.15) is 23.8 Å². The normalized spacial score (nSPS) is 27.0. The molecule has 6 unspecified atom stereocenters. The van der Waals surface area contributed by atoms with Crippen LogP contribution in [0.1, 0.15) is 42.4 Å². The molecule has 0 radical (unpaired) electrons. The van der Waals surface area contributed by atoms with E-state index < -0.39 is 104 Å². The van der Waals surface area contributed by atoms with Crippen molar-refractivity contribution in [3.8, 4) is 11.5 Å². The molecule has 4 aromatic carbocycles. The number of alkyl halides is 2. The number of halogens is 7. The lowest BCUT2D eigenvalue weighted by molar-refractivity contribution is -0.125. The van der Waals surface area contributed by atoms with Crippen LogP contribution in [0.3, 0.4) is 0 Å². The molecular formula is C41H29Cl2F5N2O6. The van der Waals surface area contributed by atoms with Gasteiger partial charge in [-0.1, -0.05) is 67.1 Å². The number of phenolic OH excluding ortho intramolecular Hbond substituents is 1. The molecule has 0 bridgehead atoms. The summed E-state index contributed by atoms with van der Waals surface area (Å²) >= 11 is 14.4. The average Bonchev–Trinajstić information content (AvgIpc) is 3.54. The number of nitrogens with zero attached hydrogens (tertiary/aromatic N) is 2. The number of phenols is 1. The summed E-state index contributed by atoms with van der Waals surface area (Å²) < 4.78 is 79.8. The zero-order valence-corrected chi connectivity index (χ0v) is 30.7. The monoisotopic (exact) mass is 810 g/mol. The van der Waals surface area contributed by atoms with E-state index in [0.29, 0.717) is 12.1 Å². The Balaban J connectivity index is 1.27. The molecule has 1 N–H and O–H groups in total. The maximum absolute atomic E-state index is 15.4. The summed E-state index contributed by atoms with van der Waals surface area (Å²) in [6.07, 6.45) is 1.54. The zero-order chi connectivity index (χ0) is 40.0. The number of aryl methyl sites for hydroxylation is 1. The van der Waals surface area contributed by atoms with Gasteiger partial charge in [-0.15, -0.1) is 23.2 Å². The summed E-state index contributed by atoms with van der Waals surface area (Å²) in [6.45, 7) is 2.04. The van der Waals surface area contributed by atoms with Crippen molar-refractivity contribution < 1.29 is 51.0 Å². The Labute approximate surface area is 326 Å². The Bertz CT molecular complexity index is 2370. The summed E-state index contributed by atoms with van der Waals surface area (Å²) in [6, 6.07) is 19.8. The van der Waals surface area contributed by atoms with Gasteiger partial charge in [-0.3, -0.25) is 24.1 Å². The maximum atomic E-state index is 15.4. The standard InChI is InChI=1S/C41H29Cl2F5N2O6/c1-2-19-8-10-21(11-9-19)49-36(52)25-15-14-23-26(28(25)37(49)53)17-40(42)38(54)50(35-33(47)31(45)30(44)32(46)34(35)48)39(55)41(40,43)29(23)24-13-12-22(16-27(24)51)56-18-20-6-4-3-5-7-20/h3-14,16,25-26,28-29,51H,2,15,17-18H2,1H3.